The molecule has 0 aliphatic heterocycles. The number of aliphatic hydroxyl groups is 1. The standard InChI is InChI=1S/C28H29Cl2N3O5S/c1-2-3-13-38-28(35)19-33(39(36,37)25-17-22(29)16-23(30)18-25)24-6-7-26-21(15-24)9-11-32(26)27-14-20(5-4-12-34)8-10-31-27/h6-11,14-18,34H,2-5,12-13,19H2,1H3. The number of sulfonamides is 1. The normalized spacial score (nSPS) is 11.6. The van der Waals surface area contributed by atoms with Crippen molar-refractivity contribution in [3.05, 3.63) is 82.6 Å². The number of anilines is 1. The van der Waals surface area contributed by atoms with Crippen molar-refractivity contribution in [3.63, 3.8) is 0 Å². The number of aryl methyl sites for hydroxylation is 1. The Hall–Kier alpha value is -3.11. The van der Waals surface area contributed by atoms with E-state index in [1.165, 1.54) is 18.2 Å². The van der Waals surface area contributed by atoms with E-state index in [1.807, 2.05) is 35.9 Å². The van der Waals surface area contributed by atoms with Crippen LogP contribution in [-0.4, -0.2) is 48.8 Å². The largest absolute Gasteiger partial charge is 0.464 e. The Kier molecular flexibility index (Phi) is 9.50. The number of nitrogens with zero attached hydrogens (tertiary/aromatic N) is 3. The van der Waals surface area contributed by atoms with Crippen LogP contribution in [0.5, 0.6) is 0 Å². The van der Waals surface area contributed by atoms with E-state index < -0.39 is 22.5 Å². The van der Waals surface area contributed by atoms with Gasteiger partial charge in [0.2, 0.25) is 0 Å². The molecule has 2 heterocycles. The number of hydrogen-bond acceptors (Lipinski definition) is 6. The molecule has 11 heteroatoms. The molecule has 0 saturated heterocycles. The Balaban J connectivity index is 1.73. The molecular formula is C28H29Cl2N3O5S. The number of halogens is 2. The lowest BCUT2D eigenvalue weighted by atomic mass is 10.1. The molecule has 4 aromatic rings. The number of carbonyl (C=O) groups is 1. The Labute approximate surface area is 237 Å². The lowest BCUT2D eigenvalue weighted by Crippen LogP contribution is -2.36. The number of fused-ring (bicyclic) bond motifs is 1. The van der Waals surface area contributed by atoms with E-state index in [2.05, 4.69) is 4.98 Å². The predicted octanol–water partition coefficient (Wildman–Crippen LogP) is 5.80. The van der Waals surface area contributed by atoms with Gasteiger partial charge < -0.3 is 14.4 Å². The topological polar surface area (TPSA) is 102 Å². The number of rotatable bonds is 12. The van der Waals surface area contributed by atoms with Crippen LogP contribution in [0.1, 0.15) is 31.7 Å². The number of esters is 1. The molecule has 206 valence electrons. The van der Waals surface area contributed by atoms with Crippen LogP contribution in [0.2, 0.25) is 10.0 Å². The van der Waals surface area contributed by atoms with Crippen molar-refractivity contribution < 1.29 is 23.1 Å². The quantitative estimate of drug-likeness (QED) is 0.165. The van der Waals surface area contributed by atoms with Crippen LogP contribution in [0.3, 0.4) is 0 Å². The van der Waals surface area contributed by atoms with E-state index in [0.717, 1.165) is 33.6 Å². The summed E-state index contributed by atoms with van der Waals surface area (Å²) in [6.45, 7) is 1.77. The summed E-state index contributed by atoms with van der Waals surface area (Å²) in [7, 11) is -4.23. The Morgan fingerprint density at radius 2 is 1.82 bits per heavy atom. The van der Waals surface area contributed by atoms with Crippen LogP contribution in [0, 0.1) is 0 Å². The molecule has 0 spiro atoms. The smallest absolute Gasteiger partial charge is 0.326 e. The van der Waals surface area contributed by atoms with Crippen molar-refractivity contribution in [3.8, 4) is 5.82 Å². The highest BCUT2D eigenvalue weighted by molar-refractivity contribution is 7.92. The molecule has 0 aliphatic rings. The highest BCUT2D eigenvalue weighted by Crippen LogP contribution is 2.31. The summed E-state index contributed by atoms with van der Waals surface area (Å²) in [4.78, 5) is 17.0. The fourth-order valence-electron chi connectivity index (χ4n) is 4.13. The summed E-state index contributed by atoms with van der Waals surface area (Å²) in [5.41, 5.74) is 2.14. The SMILES string of the molecule is CCCCOC(=O)CN(c1ccc2c(ccn2-c2cc(CCCO)ccn2)c1)S(=O)(=O)c1cc(Cl)cc(Cl)c1. The molecule has 0 saturated carbocycles. The van der Waals surface area contributed by atoms with Gasteiger partial charge >= 0.3 is 5.97 Å². The van der Waals surface area contributed by atoms with Crippen molar-refractivity contribution in [2.75, 3.05) is 24.1 Å². The summed E-state index contributed by atoms with van der Waals surface area (Å²) < 4.78 is 35.7. The highest BCUT2D eigenvalue weighted by Gasteiger charge is 2.29. The van der Waals surface area contributed by atoms with E-state index in [-0.39, 0.29) is 33.8 Å². The lowest BCUT2D eigenvalue weighted by molar-refractivity contribution is -0.141. The first-order valence-electron chi connectivity index (χ1n) is 12.5. The molecule has 1 N–H and O–H groups in total. The zero-order valence-corrected chi connectivity index (χ0v) is 23.7. The van der Waals surface area contributed by atoms with Crippen LogP contribution >= 0.6 is 23.2 Å². The minimum atomic E-state index is -4.23. The molecule has 0 unspecified atom stereocenters. The van der Waals surface area contributed by atoms with Gasteiger partial charge in [-0.3, -0.25) is 9.10 Å². The van der Waals surface area contributed by atoms with Crippen LogP contribution in [0.15, 0.2) is 71.9 Å². The number of ether oxygens (including phenoxy) is 1. The first kappa shape index (κ1) is 28.9. The van der Waals surface area contributed by atoms with Crippen LogP contribution in [0.4, 0.5) is 5.69 Å². The third-order valence-corrected chi connectivity index (χ3v) is 8.29. The fourth-order valence-corrected chi connectivity index (χ4v) is 6.26. The zero-order valence-electron chi connectivity index (χ0n) is 21.4. The molecular weight excluding hydrogens is 561 g/mol. The van der Waals surface area contributed by atoms with E-state index in [0.29, 0.717) is 18.7 Å². The predicted molar refractivity (Wildman–Crippen MR) is 153 cm³/mol. The number of aromatic nitrogens is 2. The molecule has 2 aromatic heterocycles. The summed E-state index contributed by atoms with van der Waals surface area (Å²) >= 11 is 12.2. The third kappa shape index (κ3) is 6.91. The van der Waals surface area contributed by atoms with E-state index >= 15 is 0 Å². The van der Waals surface area contributed by atoms with Crippen LogP contribution in [-0.2, 0) is 26.0 Å². The fraction of sp³-hybridized carbons (Fsp3) is 0.286. The van der Waals surface area contributed by atoms with E-state index in [9.17, 15) is 13.2 Å². The van der Waals surface area contributed by atoms with Crippen molar-refractivity contribution in [1.82, 2.24) is 9.55 Å². The maximum atomic E-state index is 13.8. The monoisotopic (exact) mass is 589 g/mol. The summed E-state index contributed by atoms with van der Waals surface area (Å²) in [6, 6.07) is 14.9. The second-order valence-corrected chi connectivity index (χ2v) is 11.7. The van der Waals surface area contributed by atoms with Gasteiger partial charge in [-0.15, -0.1) is 0 Å². The number of pyridine rings is 1. The number of carbonyl (C=O) groups excluding carboxylic acids is 1. The van der Waals surface area contributed by atoms with Gasteiger partial charge in [0, 0.05) is 34.4 Å². The maximum absolute atomic E-state index is 13.8. The average molecular weight is 591 g/mol. The molecule has 8 nitrogen and oxygen atoms in total. The molecule has 2 aromatic carbocycles. The summed E-state index contributed by atoms with van der Waals surface area (Å²) in [5.74, 6) is 0.0347. The van der Waals surface area contributed by atoms with Gasteiger partial charge in [-0.1, -0.05) is 36.5 Å². The Morgan fingerprint density at radius 1 is 1.05 bits per heavy atom. The third-order valence-electron chi connectivity index (χ3n) is 6.10. The van der Waals surface area contributed by atoms with Crippen molar-refractivity contribution >= 4 is 55.8 Å². The maximum Gasteiger partial charge on any atom is 0.326 e. The second kappa shape index (κ2) is 12.8. The van der Waals surface area contributed by atoms with Gasteiger partial charge in [0.05, 0.1) is 22.7 Å². The van der Waals surface area contributed by atoms with Crippen molar-refractivity contribution in [2.24, 2.45) is 0 Å². The molecule has 0 atom stereocenters. The average Bonchev–Trinajstić information content (AvgIpc) is 3.33. The Bertz CT molecular complexity index is 1550. The number of aliphatic hydroxyl groups excluding tert-OH is 1. The summed E-state index contributed by atoms with van der Waals surface area (Å²) in [6.07, 6.45) is 6.46. The van der Waals surface area contributed by atoms with Crippen LogP contribution < -0.4 is 4.31 Å². The minimum absolute atomic E-state index is 0.111. The molecule has 4 rings (SSSR count). The highest BCUT2D eigenvalue weighted by atomic mass is 35.5. The van der Waals surface area contributed by atoms with E-state index in [1.54, 1.807) is 24.4 Å². The minimum Gasteiger partial charge on any atom is -0.464 e. The van der Waals surface area contributed by atoms with Gasteiger partial charge in [-0.2, -0.15) is 0 Å². The first-order valence-corrected chi connectivity index (χ1v) is 14.7. The van der Waals surface area contributed by atoms with Gasteiger partial charge in [0.15, 0.2) is 0 Å². The molecule has 0 bridgehead atoms. The van der Waals surface area contributed by atoms with E-state index in [4.69, 9.17) is 33.0 Å². The Morgan fingerprint density at radius 3 is 2.54 bits per heavy atom. The van der Waals surface area contributed by atoms with Crippen molar-refractivity contribution in [1.29, 1.82) is 0 Å². The number of unbranched alkanes of at least 4 members (excludes halogenated alkanes) is 1. The molecule has 39 heavy (non-hydrogen) atoms. The lowest BCUT2D eigenvalue weighted by Gasteiger charge is -2.24. The van der Waals surface area contributed by atoms with Gasteiger partial charge in [-0.25, -0.2) is 13.4 Å². The second-order valence-electron chi connectivity index (χ2n) is 8.97. The molecule has 0 aliphatic carbocycles. The van der Waals surface area contributed by atoms with Crippen LogP contribution in [0.25, 0.3) is 16.7 Å². The first-order chi connectivity index (χ1) is 18.7. The van der Waals surface area contributed by atoms with Gasteiger partial charge in [0.25, 0.3) is 10.0 Å². The number of benzene rings is 2. The zero-order chi connectivity index (χ0) is 28.0. The number of hydrogen-bond donors (Lipinski definition) is 1. The van der Waals surface area contributed by atoms with Crippen molar-refractivity contribution in [2.45, 2.75) is 37.5 Å². The van der Waals surface area contributed by atoms with Gasteiger partial charge in [-0.05, 0) is 79.4 Å². The van der Waals surface area contributed by atoms with Gasteiger partial charge in [0.1, 0.15) is 12.4 Å². The molecule has 0 radical (unpaired) electrons. The molecule has 0 amide bonds. The molecule has 0 fully saturated rings. The summed E-state index contributed by atoms with van der Waals surface area (Å²) in [5, 5.41) is 10.2.